The molecule has 0 fully saturated rings. The summed E-state index contributed by atoms with van der Waals surface area (Å²) in [5, 5.41) is 5.85. The topological polar surface area (TPSA) is 76.1 Å². The second kappa shape index (κ2) is 7.44. The van der Waals surface area contributed by atoms with E-state index in [1.54, 1.807) is 18.2 Å². The van der Waals surface area contributed by atoms with Gasteiger partial charge in [-0.25, -0.2) is 0 Å². The number of benzene rings is 2. The van der Waals surface area contributed by atoms with Gasteiger partial charge in [0.25, 0.3) is 5.91 Å². The van der Waals surface area contributed by atoms with Crippen LogP contribution in [0.2, 0.25) is 0 Å². The fourth-order valence-corrected chi connectivity index (χ4v) is 2.20. The van der Waals surface area contributed by atoms with Crippen molar-refractivity contribution in [1.29, 1.82) is 0 Å². The lowest BCUT2D eigenvalue weighted by Gasteiger charge is -2.10. The standard InChI is InChI=1S/C19H18N4O2/c1-13-8-10-14(11-9-13)18(24)23-19-21-16(12-17(22-19)25-2)20-15-6-4-3-5-7-15/h3-12H,1-2H3,(H2,20,21,22,23,24). The van der Waals surface area contributed by atoms with Gasteiger partial charge in [-0.3, -0.25) is 10.1 Å². The van der Waals surface area contributed by atoms with Gasteiger partial charge in [0.05, 0.1) is 7.11 Å². The summed E-state index contributed by atoms with van der Waals surface area (Å²) in [5.74, 6) is 0.771. The van der Waals surface area contributed by atoms with Gasteiger partial charge in [-0.1, -0.05) is 35.9 Å². The van der Waals surface area contributed by atoms with Crippen molar-refractivity contribution in [2.45, 2.75) is 6.92 Å². The van der Waals surface area contributed by atoms with E-state index < -0.39 is 0 Å². The van der Waals surface area contributed by atoms with Gasteiger partial charge in [0.2, 0.25) is 11.8 Å². The summed E-state index contributed by atoms with van der Waals surface area (Å²) in [6.07, 6.45) is 0. The van der Waals surface area contributed by atoms with E-state index in [1.165, 1.54) is 7.11 Å². The average molecular weight is 334 g/mol. The largest absolute Gasteiger partial charge is 0.481 e. The van der Waals surface area contributed by atoms with Gasteiger partial charge in [-0.2, -0.15) is 9.97 Å². The second-order valence-corrected chi connectivity index (χ2v) is 5.43. The number of aromatic nitrogens is 2. The molecular formula is C19H18N4O2. The highest BCUT2D eigenvalue weighted by molar-refractivity contribution is 6.03. The number of hydrogen-bond acceptors (Lipinski definition) is 5. The minimum atomic E-state index is -0.279. The van der Waals surface area contributed by atoms with Crippen molar-refractivity contribution in [1.82, 2.24) is 9.97 Å². The van der Waals surface area contributed by atoms with Crippen LogP contribution in [0.4, 0.5) is 17.5 Å². The van der Waals surface area contributed by atoms with Gasteiger partial charge in [0.1, 0.15) is 5.82 Å². The molecule has 3 rings (SSSR count). The van der Waals surface area contributed by atoms with Crippen molar-refractivity contribution in [3.05, 3.63) is 71.8 Å². The minimum absolute atomic E-state index is 0.170. The van der Waals surface area contributed by atoms with Crippen molar-refractivity contribution in [3.63, 3.8) is 0 Å². The Kier molecular flexibility index (Phi) is 4.89. The van der Waals surface area contributed by atoms with Crippen LogP contribution in [0.25, 0.3) is 0 Å². The number of anilines is 3. The second-order valence-electron chi connectivity index (χ2n) is 5.43. The van der Waals surface area contributed by atoms with Crippen LogP contribution in [-0.4, -0.2) is 23.0 Å². The van der Waals surface area contributed by atoms with Crippen molar-refractivity contribution in [2.24, 2.45) is 0 Å². The Bertz CT molecular complexity index is 864. The molecule has 2 N–H and O–H groups in total. The van der Waals surface area contributed by atoms with Gasteiger partial charge in [-0.05, 0) is 31.2 Å². The third-order valence-corrected chi connectivity index (χ3v) is 3.50. The highest BCUT2D eigenvalue weighted by Crippen LogP contribution is 2.20. The zero-order valence-corrected chi connectivity index (χ0v) is 14.0. The molecule has 0 aliphatic rings. The summed E-state index contributed by atoms with van der Waals surface area (Å²) >= 11 is 0. The molecule has 0 radical (unpaired) electrons. The number of nitrogens with one attached hydrogen (secondary N) is 2. The minimum Gasteiger partial charge on any atom is -0.481 e. The molecule has 25 heavy (non-hydrogen) atoms. The molecule has 6 heteroatoms. The molecule has 0 atom stereocenters. The number of amides is 1. The molecule has 2 aromatic carbocycles. The molecule has 1 amide bonds. The highest BCUT2D eigenvalue weighted by Gasteiger charge is 2.11. The number of methoxy groups -OCH3 is 1. The number of carbonyl (C=O) groups excluding carboxylic acids is 1. The molecular weight excluding hydrogens is 316 g/mol. The van der Waals surface area contributed by atoms with Crippen LogP contribution in [-0.2, 0) is 0 Å². The normalized spacial score (nSPS) is 10.2. The third kappa shape index (κ3) is 4.32. The molecule has 0 saturated heterocycles. The van der Waals surface area contributed by atoms with E-state index in [4.69, 9.17) is 4.74 Å². The van der Waals surface area contributed by atoms with Crippen LogP contribution in [0.3, 0.4) is 0 Å². The number of para-hydroxylation sites is 1. The summed E-state index contributed by atoms with van der Waals surface area (Å²) in [6, 6.07) is 18.5. The molecule has 6 nitrogen and oxygen atoms in total. The quantitative estimate of drug-likeness (QED) is 0.742. The SMILES string of the molecule is COc1cc(Nc2ccccc2)nc(NC(=O)c2ccc(C)cc2)n1. The van der Waals surface area contributed by atoms with Crippen molar-refractivity contribution in [2.75, 3.05) is 17.7 Å². The van der Waals surface area contributed by atoms with E-state index >= 15 is 0 Å². The fraction of sp³-hybridized carbons (Fsp3) is 0.105. The molecule has 0 bridgehead atoms. The Morgan fingerprint density at radius 1 is 1.00 bits per heavy atom. The van der Waals surface area contributed by atoms with E-state index in [0.29, 0.717) is 17.3 Å². The number of nitrogens with zero attached hydrogens (tertiary/aromatic N) is 2. The maximum atomic E-state index is 12.3. The summed E-state index contributed by atoms with van der Waals surface area (Å²) in [5.41, 5.74) is 2.50. The number of rotatable bonds is 5. The van der Waals surface area contributed by atoms with Gasteiger partial charge in [0, 0.05) is 17.3 Å². The van der Waals surface area contributed by atoms with E-state index in [9.17, 15) is 4.79 Å². The van der Waals surface area contributed by atoms with E-state index in [-0.39, 0.29) is 11.9 Å². The Morgan fingerprint density at radius 2 is 1.72 bits per heavy atom. The molecule has 0 aliphatic heterocycles. The average Bonchev–Trinajstić information content (AvgIpc) is 2.63. The van der Waals surface area contributed by atoms with Crippen LogP contribution in [0.15, 0.2) is 60.7 Å². The Hall–Kier alpha value is -3.41. The van der Waals surface area contributed by atoms with Crippen LogP contribution in [0.1, 0.15) is 15.9 Å². The third-order valence-electron chi connectivity index (χ3n) is 3.50. The van der Waals surface area contributed by atoms with Crippen LogP contribution in [0.5, 0.6) is 5.88 Å². The predicted octanol–water partition coefficient (Wildman–Crippen LogP) is 3.79. The molecule has 0 spiro atoms. The number of ether oxygens (including phenoxy) is 1. The first-order valence-corrected chi connectivity index (χ1v) is 7.77. The van der Waals surface area contributed by atoms with Crippen molar-refractivity contribution >= 4 is 23.4 Å². The summed E-state index contributed by atoms with van der Waals surface area (Å²) in [6.45, 7) is 1.97. The van der Waals surface area contributed by atoms with Gasteiger partial charge >= 0.3 is 0 Å². The van der Waals surface area contributed by atoms with Crippen LogP contribution < -0.4 is 15.4 Å². The van der Waals surface area contributed by atoms with Crippen molar-refractivity contribution in [3.8, 4) is 5.88 Å². The van der Waals surface area contributed by atoms with Gasteiger partial charge in [-0.15, -0.1) is 0 Å². The first-order valence-electron chi connectivity index (χ1n) is 7.77. The smallest absolute Gasteiger partial charge is 0.258 e. The van der Waals surface area contributed by atoms with E-state index in [2.05, 4.69) is 20.6 Å². The summed E-state index contributed by atoms with van der Waals surface area (Å²) in [4.78, 5) is 20.8. The number of aryl methyl sites for hydroxylation is 1. The van der Waals surface area contributed by atoms with Gasteiger partial charge in [0.15, 0.2) is 0 Å². The zero-order valence-electron chi connectivity index (χ0n) is 14.0. The molecule has 126 valence electrons. The molecule has 1 aromatic heterocycles. The lowest BCUT2D eigenvalue weighted by atomic mass is 10.1. The first kappa shape index (κ1) is 16.4. The monoisotopic (exact) mass is 334 g/mol. The molecule has 0 aliphatic carbocycles. The molecule has 1 heterocycles. The van der Waals surface area contributed by atoms with E-state index in [0.717, 1.165) is 11.3 Å². The first-order chi connectivity index (χ1) is 12.1. The molecule has 3 aromatic rings. The maximum Gasteiger partial charge on any atom is 0.258 e. The number of carbonyl (C=O) groups is 1. The summed E-state index contributed by atoms with van der Waals surface area (Å²) in [7, 11) is 1.51. The van der Waals surface area contributed by atoms with Gasteiger partial charge < -0.3 is 10.1 Å². The van der Waals surface area contributed by atoms with Crippen molar-refractivity contribution < 1.29 is 9.53 Å². The number of hydrogen-bond donors (Lipinski definition) is 2. The lowest BCUT2D eigenvalue weighted by Crippen LogP contribution is -2.15. The Labute approximate surface area is 145 Å². The molecule has 0 unspecified atom stereocenters. The Morgan fingerprint density at radius 3 is 2.40 bits per heavy atom. The molecule has 0 saturated carbocycles. The lowest BCUT2D eigenvalue weighted by molar-refractivity contribution is 0.102. The highest BCUT2D eigenvalue weighted by atomic mass is 16.5. The fourth-order valence-electron chi connectivity index (χ4n) is 2.20. The Balaban J connectivity index is 1.82. The van der Waals surface area contributed by atoms with E-state index in [1.807, 2.05) is 49.4 Å². The predicted molar refractivity (Wildman–Crippen MR) is 97.4 cm³/mol. The summed E-state index contributed by atoms with van der Waals surface area (Å²) < 4.78 is 5.19. The van der Waals surface area contributed by atoms with Crippen LogP contribution in [0, 0.1) is 6.92 Å². The zero-order chi connectivity index (χ0) is 17.6. The maximum absolute atomic E-state index is 12.3. The van der Waals surface area contributed by atoms with Crippen LogP contribution >= 0.6 is 0 Å².